The molecule has 2 aromatic carbocycles. The van der Waals surface area contributed by atoms with E-state index < -0.39 is 17.3 Å². The summed E-state index contributed by atoms with van der Waals surface area (Å²) in [5, 5.41) is 12.4. The first-order valence-corrected chi connectivity index (χ1v) is 7.20. The zero-order chi connectivity index (χ0) is 15.5. The fourth-order valence-corrected chi connectivity index (χ4v) is 2.45. The number of carbonyl (C=O) groups excluding carboxylic acids is 1. The Hall–Kier alpha value is -1.72. The fourth-order valence-electron chi connectivity index (χ4n) is 2.01. The molecule has 1 atom stereocenters. The van der Waals surface area contributed by atoms with Gasteiger partial charge in [0.1, 0.15) is 5.82 Å². The molecule has 0 fully saturated rings. The molecule has 0 radical (unpaired) electrons. The molecule has 0 aromatic heterocycles. The Morgan fingerprint density at radius 3 is 2.52 bits per heavy atom. The van der Waals surface area contributed by atoms with Gasteiger partial charge in [0.05, 0.1) is 22.2 Å². The van der Waals surface area contributed by atoms with Crippen molar-refractivity contribution < 1.29 is 14.3 Å². The van der Waals surface area contributed by atoms with Gasteiger partial charge in [-0.25, -0.2) is 4.39 Å². The SMILES string of the molecule is CC(CO)(NC(=O)c1cccc(F)c1Br)c1ccccc1. The molecule has 110 valence electrons. The van der Waals surface area contributed by atoms with Crippen molar-refractivity contribution in [2.45, 2.75) is 12.5 Å². The van der Waals surface area contributed by atoms with Gasteiger partial charge >= 0.3 is 0 Å². The predicted molar refractivity (Wildman–Crippen MR) is 82.4 cm³/mol. The molecule has 21 heavy (non-hydrogen) atoms. The number of hydrogen-bond acceptors (Lipinski definition) is 2. The van der Waals surface area contributed by atoms with Crippen molar-refractivity contribution in [2.24, 2.45) is 0 Å². The van der Waals surface area contributed by atoms with Gasteiger partial charge < -0.3 is 10.4 Å². The number of aliphatic hydroxyl groups is 1. The molecule has 2 aromatic rings. The lowest BCUT2D eigenvalue weighted by molar-refractivity contribution is 0.0848. The molecule has 0 spiro atoms. The summed E-state index contributed by atoms with van der Waals surface area (Å²) in [6.07, 6.45) is 0. The van der Waals surface area contributed by atoms with E-state index in [4.69, 9.17) is 0 Å². The van der Waals surface area contributed by atoms with Crippen molar-refractivity contribution in [2.75, 3.05) is 6.61 Å². The normalized spacial score (nSPS) is 13.5. The second-order valence-corrected chi connectivity index (χ2v) is 5.70. The number of aliphatic hydroxyl groups excluding tert-OH is 1. The average molecular weight is 352 g/mol. The molecule has 2 N–H and O–H groups in total. The lowest BCUT2D eigenvalue weighted by atomic mass is 9.92. The molecule has 0 aliphatic heterocycles. The summed E-state index contributed by atoms with van der Waals surface area (Å²) in [6, 6.07) is 13.4. The molecule has 0 saturated heterocycles. The van der Waals surface area contributed by atoms with Crippen molar-refractivity contribution in [1.82, 2.24) is 5.32 Å². The van der Waals surface area contributed by atoms with Crippen LogP contribution >= 0.6 is 15.9 Å². The van der Waals surface area contributed by atoms with Gasteiger partial charge in [0.2, 0.25) is 0 Å². The number of hydrogen-bond donors (Lipinski definition) is 2. The van der Waals surface area contributed by atoms with Gasteiger partial charge in [0.25, 0.3) is 5.91 Å². The minimum absolute atomic E-state index is 0.107. The van der Waals surface area contributed by atoms with Gasteiger partial charge in [-0.15, -0.1) is 0 Å². The van der Waals surface area contributed by atoms with Crippen molar-refractivity contribution in [3.63, 3.8) is 0 Å². The van der Waals surface area contributed by atoms with E-state index in [9.17, 15) is 14.3 Å². The Balaban J connectivity index is 2.30. The van der Waals surface area contributed by atoms with Gasteiger partial charge in [-0.2, -0.15) is 0 Å². The van der Waals surface area contributed by atoms with E-state index in [-0.39, 0.29) is 16.6 Å². The molecule has 2 rings (SSSR count). The van der Waals surface area contributed by atoms with Crippen LogP contribution in [0.4, 0.5) is 4.39 Å². The highest BCUT2D eigenvalue weighted by Crippen LogP contribution is 2.24. The topological polar surface area (TPSA) is 49.3 Å². The Bertz CT molecular complexity index is 648. The van der Waals surface area contributed by atoms with Crippen LogP contribution in [0.5, 0.6) is 0 Å². The van der Waals surface area contributed by atoms with Crippen LogP contribution in [0.2, 0.25) is 0 Å². The van der Waals surface area contributed by atoms with Crippen molar-refractivity contribution in [3.05, 3.63) is 69.9 Å². The fraction of sp³-hybridized carbons (Fsp3) is 0.188. The maximum absolute atomic E-state index is 13.5. The van der Waals surface area contributed by atoms with E-state index in [0.29, 0.717) is 0 Å². The Morgan fingerprint density at radius 1 is 1.24 bits per heavy atom. The third kappa shape index (κ3) is 3.31. The van der Waals surface area contributed by atoms with Gasteiger partial charge in [-0.3, -0.25) is 4.79 Å². The second kappa shape index (κ2) is 6.37. The predicted octanol–water partition coefficient (Wildman–Crippen LogP) is 3.23. The molecule has 1 amide bonds. The highest BCUT2D eigenvalue weighted by atomic mass is 79.9. The third-order valence-corrected chi connectivity index (χ3v) is 4.12. The summed E-state index contributed by atoms with van der Waals surface area (Å²) in [7, 11) is 0. The summed E-state index contributed by atoms with van der Waals surface area (Å²) in [5.41, 5.74) is 0.0170. The Kier molecular flexibility index (Phi) is 4.75. The summed E-state index contributed by atoms with van der Waals surface area (Å²) in [4.78, 5) is 12.3. The molecule has 0 heterocycles. The first kappa shape index (κ1) is 15.7. The number of halogens is 2. The number of benzene rings is 2. The first-order chi connectivity index (χ1) is 9.98. The minimum atomic E-state index is -0.940. The molecular weight excluding hydrogens is 337 g/mol. The largest absolute Gasteiger partial charge is 0.394 e. The standard InChI is InChI=1S/C16H15BrFNO2/c1-16(10-20,11-6-3-2-4-7-11)19-15(21)12-8-5-9-13(18)14(12)17/h2-9,20H,10H2,1H3,(H,19,21). The zero-order valence-corrected chi connectivity index (χ0v) is 13.0. The van der Waals surface area contributed by atoms with E-state index in [1.54, 1.807) is 6.92 Å². The molecule has 0 aliphatic carbocycles. The maximum Gasteiger partial charge on any atom is 0.253 e. The van der Waals surface area contributed by atoms with Gasteiger partial charge in [0.15, 0.2) is 0 Å². The third-order valence-electron chi connectivity index (χ3n) is 3.31. The number of nitrogens with one attached hydrogen (secondary N) is 1. The van der Waals surface area contributed by atoms with Crippen molar-refractivity contribution >= 4 is 21.8 Å². The van der Waals surface area contributed by atoms with E-state index in [2.05, 4.69) is 21.2 Å². The van der Waals surface area contributed by atoms with Crippen LogP contribution < -0.4 is 5.32 Å². The van der Waals surface area contributed by atoms with Crippen LogP contribution in [-0.4, -0.2) is 17.6 Å². The van der Waals surface area contributed by atoms with Crippen LogP contribution in [0.15, 0.2) is 53.0 Å². The Morgan fingerprint density at radius 2 is 1.90 bits per heavy atom. The quantitative estimate of drug-likeness (QED) is 0.888. The van der Waals surface area contributed by atoms with Crippen LogP contribution in [0.3, 0.4) is 0 Å². The van der Waals surface area contributed by atoms with Gasteiger partial charge in [0, 0.05) is 0 Å². The van der Waals surface area contributed by atoms with E-state index in [1.807, 2.05) is 30.3 Å². The lowest BCUT2D eigenvalue weighted by Crippen LogP contribution is -2.46. The highest BCUT2D eigenvalue weighted by molar-refractivity contribution is 9.10. The van der Waals surface area contributed by atoms with Crippen LogP contribution in [0, 0.1) is 5.82 Å². The van der Waals surface area contributed by atoms with Crippen molar-refractivity contribution in [1.29, 1.82) is 0 Å². The summed E-state index contributed by atoms with van der Waals surface area (Å²) in [6.45, 7) is 1.45. The molecule has 0 bridgehead atoms. The summed E-state index contributed by atoms with van der Waals surface area (Å²) < 4.78 is 13.6. The molecule has 0 saturated carbocycles. The molecule has 1 unspecified atom stereocenters. The zero-order valence-electron chi connectivity index (χ0n) is 11.4. The second-order valence-electron chi connectivity index (χ2n) is 4.91. The van der Waals surface area contributed by atoms with E-state index >= 15 is 0 Å². The summed E-state index contributed by atoms with van der Waals surface area (Å²) >= 11 is 3.07. The average Bonchev–Trinajstić information content (AvgIpc) is 2.50. The molecule has 5 heteroatoms. The maximum atomic E-state index is 13.5. The molecule has 0 aliphatic rings. The van der Waals surface area contributed by atoms with Crippen LogP contribution in [-0.2, 0) is 5.54 Å². The summed E-state index contributed by atoms with van der Waals surface area (Å²) in [5.74, 6) is -0.963. The lowest BCUT2D eigenvalue weighted by Gasteiger charge is -2.29. The minimum Gasteiger partial charge on any atom is -0.394 e. The monoisotopic (exact) mass is 351 g/mol. The first-order valence-electron chi connectivity index (χ1n) is 6.41. The van der Waals surface area contributed by atoms with Crippen molar-refractivity contribution in [3.8, 4) is 0 Å². The van der Waals surface area contributed by atoms with E-state index in [1.165, 1.54) is 18.2 Å². The van der Waals surface area contributed by atoms with Gasteiger partial charge in [-0.05, 0) is 40.5 Å². The Labute approximate surface area is 130 Å². The van der Waals surface area contributed by atoms with Crippen LogP contribution in [0.25, 0.3) is 0 Å². The molecular formula is C16H15BrFNO2. The highest BCUT2D eigenvalue weighted by Gasteiger charge is 2.29. The number of amides is 1. The van der Waals surface area contributed by atoms with Gasteiger partial charge in [-0.1, -0.05) is 36.4 Å². The molecule has 3 nitrogen and oxygen atoms in total. The smallest absolute Gasteiger partial charge is 0.253 e. The van der Waals surface area contributed by atoms with E-state index in [0.717, 1.165) is 5.56 Å². The number of rotatable bonds is 4. The number of carbonyl (C=O) groups is 1. The van der Waals surface area contributed by atoms with Crippen LogP contribution in [0.1, 0.15) is 22.8 Å².